The van der Waals surface area contributed by atoms with Gasteiger partial charge in [-0.3, -0.25) is 0 Å². The zero-order chi connectivity index (χ0) is 53.1. The van der Waals surface area contributed by atoms with E-state index in [1.807, 2.05) is 0 Å². The van der Waals surface area contributed by atoms with Gasteiger partial charge in [-0.05, 0) is 92.2 Å². The molecule has 0 saturated heterocycles. The highest BCUT2D eigenvalue weighted by molar-refractivity contribution is 9.10. The molecule has 0 atom stereocenters. The lowest BCUT2D eigenvalue weighted by atomic mass is 9.98. The second-order valence-electron chi connectivity index (χ2n) is 9.25. The fourth-order valence-corrected chi connectivity index (χ4v) is 4.38. The normalized spacial score (nSPS) is 17.5. The van der Waals surface area contributed by atoms with Gasteiger partial charge >= 0.3 is 0 Å². The SMILES string of the molecule is [2H]c1c([2H])c([2H])c(N)c([2H])c1[2H].[2H]c1c([2H])c([2H])c(Nc2ccc(-c3c([2H])c([2H])c([2H])c4c([2H])c([2H])c([2H])c([2H])c34)cc2)c([2H])c1[2H].[2H]c1c([2H])c([2H])c2c(-c3ccc(Br)cc3)c([2H])c([2H])c([2H])c2c1[2H]. The molecular formula is C44H35BrN2. The first kappa shape index (κ1) is 13.6. The summed E-state index contributed by atoms with van der Waals surface area (Å²) in [6.45, 7) is 0. The molecule has 0 unspecified atom stereocenters. The highest BCUT2D eigenvalue weighted by atomic mass is 79.9. The van der Waals surface area contributed by atoms with Crippen molar-refractivity contribution >= 4 is 54.5 Å². The topological polar surface area (TPSA) is 38.0 Å². The number of fused-ring (bicyclic) bond motifs is 2. The maximum absolute atomic E-state index is 8.42. The van der Waals surface area contributed by atoms with E-state index in [-0.39, 0.29) is 92.4 Å². The Hall–Kier alpha value is -5.64. The van der Waals surface area contributed by atoms with Crippen molar-refractivity contribution in [3.05, 3.63) is 198 Å². The predicted octanol–water partition coefficient (Wildman–Crippen LogP) is 12.8. The molecule has 3 N–H and O–H groups in total. The van der Waals surface area contributed by atoms with Gasteiger partial charge in [-0.15, -0.1) is 0 Å². The third-order valence-electron chi connectivity index (χ3n) is 6.22. The average Bonchev–Trinajstić information content (AvgIpc) is 3.36. The number of nitrogens with two attached hydrogens (primary N) is 1. The summed E-state index contributed by atoms with van der Waals surface area (Å²) in [5.74, 6) is 0. The van der Waals surface area contributed by atoms with E-state index in [1.165, 1.54) is 24.3 Å². The zero-order valence-corrected chi connectivity index (χ0v) is 25.7. The maximum atomic E-state index is 8.42. The monoisotopic (exact) mass is 694 g/mol. The Labute approximate surface area is 319 Å². The largest absolute Gasteiger partial charge is 0.399 e. The summed E-state index contributed by atoms with van der Waals surface area (Å²) in [4.78, 5) is 0. The van der Waals surface area contributed by atoms with E-state index in [1.54, 1.807) is 24.3 Å². The van der Waals surface area contributed by atoms with Crippen LogP contribution in [-0.2, 0) is 0 Å². The molecule has 0 aliphatic carbocycles. The number of halogens is 1. The van der Waals surface area contributed by atoms with Gasteiger partial charge in [-0.2, -0.15) is 0 Å². The number of hydrogen-bond acceptors (Lipinski definition) is 2. The highest BCUT2D eigenvalue weighted by Crippen LogP contribution is 2.31. The summed E-state index contributed by atoms with van der Waals surface area (Å²) < 4.78 is 190. The second-order valence-corrected chi connectivity index (χ2v) is 10.2. The summed E-state index contributed by atoms with van der Waals surface area (Å²) in [6, 6.07) is 3.16. The summed E-state index contributed by atoms with van der Waals surface area (Å²) in [5, 5.41) is 2.70. The Balaban J connectivity index is 0.000000197. The molecule has 3 heteroatoms. The fraction of sp³-hybridized carbons (Fsp3) is 0. The standard InChI is InChI=1S/C22H17N.C16H11Br.C6H7N/c1-2-9-19(10-3-1)23-20-15-13-18(14-16-20)22-12-6-8-17-7-4-5-11-21(17)22;17-14-10-8-13(9-11-14)16-7-3-5-12-4-1-2-6-15(12)16;7-6-4-2-1-3-5-6/h1-16,23H;1-11H;1-5H,7H2/i1D,2D,3D,4D,5D,6D,7D,8D,9D,10D,11D,12D;1D,2D,3D,4D,5D,6D,7D;1D,2D,3D,4D,5D. The number of anilines is 3. The van der Waals surface area contributed by atoms with Crippen molar-refractivity contribution in [2.45, 2.75) is 0 Å². The summed E-state index contributed by atoms with van der Waals surface area (Å²) in [7, 11) is 0. The van der Waals surface area contributed by atoms with Crippen molar-refractivity contribution in [2.75, 3.05) is 11.1 Å². The molecule has 0 fully saturated rings. The van der Waals surface area contributed by atoms with Crippen LogP contribution in [0.15, 0.2) is 198 Å². The van der Waals surface area contributed by atoms with Gasteiger partial charge < -0.3 is 11.1 Å². The molecule has 47 heavy (non-hydrogen) atoms. The van der Waals surface area contributed by atoms with Crippen LogP contribution in [0.1, 0.15) is 32.9 Å². The van der Waals surface area contributed by atoms with Crippen molar-refractivity contribution < 1.29 is 32.9 Å². The Kier molecular flexibility index (Phi) is 4.51. The number of rotatable bonds is 4. The van der Waals surface area contributed by atoms with Crippen LogP contribution in [0.3, 0.4) is 0 Å². The van der Waals surface area contributed by atoms with Crippen molar-refractivity contribution in [1.82, 2.24) is 0 Å². The molecule has 8 aromatic carbocycles. The number of nitrogen functional groups attached to an aromatic ring is 1. The molecule has 8 rings (SSSR count). The predicted molar refractivity (Wildman–Crippen MR) is 207 cm³/mol. The molecular weight excluding hydrogens is 636 g/mol. The van der Waals surface area contributed by atoms with Crippen LogP contribution >= 0.6 is 15.9 Å². The van der Waals surface area contributed by atoms with E-state index in [2.05, 4.69) is 21.2 Å². The van der Waals surface area contributed by atoms with E-state index in [4.69, 9.17) is 38.6 Å². The van der Waals surface area contributed by atoms with Gasteiger partial charge in [0.25, 0.3) is 0 Å². The molecule has 0 spiro atoms. The number of benzene rings is 8. The maximum Gasteiger partial charge on any atom is 0.0645 e. The lowest BCUT2D eigenvalue weighted by Gasteiger charge is -2.09. The average molecular weight is 696 g/mol. The Bertz CT molecular complexity index is 3360. The molecule has 0 heterocycles. The molecule has 0 radical (unpaired) electrons. The van der Waals surface area contributed by atoms with E-state index in [0.29, 0.717) is 16.8 Å². The van der Waals surface area contributed by atoms with E-state index >= 15 is 0 Å². The smallest absolute Gasteiger partial charge is 0.0645 e. The summed E-state index contributed by atoms with van der Waals surface area (Å²) >= 11 is 3.32. The van der Waals surface area contributed by atoms with Gasteiger partial charge in [-0.25, -0.2) is 0 Å². The van der Waals surface area contributed by atoms with E-state index in [0.717, 1.165) is 4.47 Å². The van der Waals surface area contributed by atoms with Crippen LogP contribution in [0.4, 0.5) is 17.1 Å². The molecule has 228 valence electrons. The van der Waals surface area contributed by atoms with Crippen LogP contribution in [0.5, 0.6) is 0 Å². The van der Waals surface area contributed by atoms with Gasteiger partial charge in [0.2, 0.25) is 0 Å². The molecule has 0 aliphatic heterocycles. The summed E-state index contributed by atoms with van der Waals surface area (Å²) in [6.07, 6.45) is 0. The Morgan fingerprint density at radius 1 is 0.426 bits per heavy atom. The first-order valence-corrected chi connectivity index (χ1v) is 14.4. The van der Waals surface area contributed by atoms with Crippen LogP contribution in [0, 0.1) is 0 Å². The molecule has 8 aromatic rings. The van der Waals surface area contributed by atoms with Crippen LogP contribution < -0.4 is 11.1 Å². The number of para-hydroxylation sites is 2. The lowest BCUT2D eigenvalue weighted by molar-refractivity contribution is 1.55. The van der Waals surface area contributed by atoms with Crippen LogP contribution in [0.2, 0.25) is 0 Å². The van der Waals surface area contributed by atoms with Gasteiger partial charge in [0, 0.05) is 21.5 Å². The molecule has 2 nitrogen and oxygen atoms in total. The molecule has 0 saturated carbocycles. The van der Waals surface area contributed by atoms with Gasteiger partial charge in [0.1, 0.15) is 0 Å². The van der Waals surface area contributed by atoms with E-state index in [9.17, 15) is 0 Å². The quantitative estimate of drug-likeness (QED) is 0.180. The lowest BCUT2D eigenvalue weighted by Crippen LogP contribution is -1.89. The van der Waals surface area contributed by atoms with E-state index < -0.39 is 96.7 Å². The number of hydrogen-bond donors (Lipinski definition) is 2. The second kappa shape index (κ2) is 15.6. The Morgan fingerprint density at radius 3 is 1.38 bits per heavy atom. The molecule has 0 aromatic heterocycles. The highest BCUT2D eigenvalue weighted by Gasteiger charge is 2.04. The van der Waals surface area contributed by atoms with Crippen molar-refractivity contribution in [2.24, 2.45) is 0 Å². The third kappa shape index (κ3) is 8.35. The fourth-order valence-electron chi connectivity index (χ4n) is 4.11. The molecule has 0 bridgehead atoms. The first-order chi connectivity index (χ1) is 33.1. The van der Waals surface area contributed by atoms with Gasteiger partial charge in [0.05, 0.1) is 32.9 Å². The minimum atomic E-state index is -0.530. The molecule has 0 aliphatic rings. The minimum absolute atomic E-state index is 0.0279. The van der Waals surface area contributed by atoms with Crippen molar-refractivity contribution in [3.8, 4) is 22.3 Å². The number of nitrogens with one attached hydrogen (secondary N) is 1. The summed E-state index contributed by atoms with van der Waals surface area (Å²) in [5.41, 5.74) is 6.53. The van der Waals surface area contributed by atoms with Gasteiger partial charge in [-0.1, -0.05) is 161 Å². The van der Waals surface area contributed by atoms with Gasteiger partial charge in [0.15, 0.2) is 0 Å². The zero-order valence-electron chi connectivity index (χ0n) is 48.1. The molecule has 0 amide bonds. The Morgan fingerprint density at radius 2 is 0.851 bits per heavy atom. The van der Waals surface area contributed by atoms with Crippen molar-refractivity contribution in [1.29, 1.82) is 0 Å². The van der Waals surface area contributed by atoms with Crippen molar-refractivity contribution in [3.63, 3.8) is 0 Å². The van der Waals surface area contributed by atoms with Crippen LogP contribution in [-0.4, -0.2) is 0 Å². The minimum Gasteiger partial charge on any atom is -0.399 e. The third-order valence-corrected chi connectivity index (χ3v) is 6.75. The first-order valence-electron chi connectivity index (χ1n) is 25.6. The van der Waals surface area contributed by atoms with Crippen LogP contribution in [0.25, 0.3) is 43.8 Å².